The standard InChI is InChI=1S/C17H20BrN3O/c1-10-16(5-6-19)11(2)21(20-10)17(22)14-7-12-3-4-15(18)9-13(12)8-14/h3-4,9,14H,5-8,19H2,1-2H3. The Hall–Kier alpha value is -1.46. The third-order valence-corrected chi connectivity index (χ3v) is 4.99. The van der Waals surface area contributed by atoms with Crippen molar-refractivity contribution in [3.63, 3.8) is 0 Å². The number of carbonyl (C=O) groups excluding carboxylic acids is 1. The highest BCUT2D eigenvalue weighted by Gasteiger charge is 2.30. The number of hydrogen-bond donors (Lipinski definition) is 1. The molecule has 116 valence electrons. The van der Waals surface area contributed by atoms with Crippen LogP contribution in [0.4, 0.5) is 0 Å². The van der Waals surface area contributed by atoms with Crippen molar-refractivity contribution >= 4 is 21.8 Å². The van der Waals surface area contributed by atoms with E-state index >= 15 is 0 Å². The molecule has 0 saturated heterocycles. The fourth-order valence-corrected chi connectivity index (χ4v) is 3.74. The van der Waals surface area contributed by atoms with Gasteiger partial charge < -0.3 is 5.73 Å². The molecule has 5 heteroatoms. The molecule has 4 nitrogen and oxygen atoms in total. The second kappa shape index (κ2) is 5.97. The topological polar surface area (TPSA) is 60.9 Å². The highest BCUT2D eigenvalue weighted by atomic mass is 79.9. The van der Waals surface area contributed by atoms with E-state index in [9.17, 15) is 4.79 Å². The van der Waals surface area contributed by atoms with Crippen LogP contribution in [0.3, 0.4) is 0 Å². The Labute approximate surface area is 138 Å². The van der Waals surface area contributed by atoms with Gasteiger partial charge in [0, 0.05) is 16.1 Å². The third-order valence-electron chi connectivity index (χ3n) is 4.49. The minimum absolute atomic E-state index is 0.0203. The molecule has 0 bridgehead atoms. The first-order valence-corrected chi connectivity index (χ1v) is 8.37. The lowest BCUT2D eigenvalue weighted by molar-refractivity contribution is 0.0819. The van der Waals surface area contributed by atoms with E-state index in [1.54, 1.807) is 4.68 Å². The number of carbonyl (C=O) groups is 1. The molecule has 0 amide bonds. The molecule has 1 aromatic heterocycles. The number of halogens is 1. The summed E-state index contributed by atoms with van der Waals surface area (Å²) in [5.74, 6) is 0.0734. The molecule has 1 aromatic carbocycles. The van der Waals surface area contributed by atoms with Gasteiger partial charge in [-0.3, -0.25) is 4.79 Å². The molecule has 22 heavy (non-hydrogen) atoms. The maximum atomic E-state index is 12.8. The summed E-state index contributed by atoms with van der Waals surface area (Å²) in [4.78, 5) is 12.8. The van der Waals surface area contributed by atoms with Crippen LogP contribution >= 0.6 is 15.9 Å². The number of rotatable bonds is 3. The molecule has 2 aromatic rings. The Morgan fingerprint density at radius 2 is 2.09 bits per heavy atom. The number of aromatic nitrogens is 2. The quantitative estimate of drug-likeness (QED) is 0.914. The molecule has 1 aliphatic carbocycles. The predicted octanol–water partition coefficient (Wildman–Crippen LogP) is 2.82. The van der Waals surface area contributed by atoms with Crippen LogP contribution in [-0.4, -0.2) is 22.2 Å². The van der Waals surface area contributed by atoms with Crippen molar-refractivity contribution in [3.05, 3.63) is 50.8 Å². The van der Waals surface area contributed by atoms with E-state index in [4.69, 9.17) is 5.73 Å². The molecule has 2 N–H and O–H groups in total. The molecular formula is C17H20BrN3O. The smallest absolute Gasteiger partial charge is 0.250 e. The van der Waals surface area contributed by atoms with Crippen LogP contribution in [0, 0.1) is 19.8 Å². The van der Waals surface area contributed by atoms with E-state index < -0.39 is 0 Å². The molecule has 0 spiro atoms. The van der Waals surface area contributed by atoms with Crippen molar-refractivity contribution in [2.45, 2.75) is 33.1 Å². The average molecular weight is 362 g/mol. The van der Waals surface area contributed by atoms with E-state index in [1.807, 2.05) is 19.9 Å². The zero-order valence-corrected chi connectivity index (χ0v) is 14.5. The van der Waals surface area contributed by atoms with Gasteiger partial charge in [-0.05, 0) is 68.5 Å². The predicted molar refractivity (Wildman–Crippen MR) is 90.1 cm³/mol. The first-order chi connectivity index (χ1) is 10.5. The normalized spacial score (nSPS) is 16.8. The van der Waals surface area contributed by atoms with Crippen molar-refractivity contribution < 1.29 is 4.79 Å². The number of aryl methyl sites for hydroxylation is 1. The third kappa shape index (κ3) is 2.63. The van der Waals surface area contributed by atoms with E-state index in [0.29, 0.717) is 6.54 Å². The van der Waals surface area contributed by atoms with E-state index in [-0.39, 0.29) is 11.8 Å². The summed E-state index contributed by atoms with van der Waals surface area (Å²) in [7, 11) is 0. The first-order valence-electron chi connectivity index (χ1n) is 7.58. The van der Waals surface area contributed by atoms with Gasteiger partial charge in [0.05, 0.1) is 5.69 Å². The summed E-state index contributed by atoms with van der Waals surface area (Å²) in [6.45, 7) is 4.48. The number of benzene rings is 1. The number of nitrogens with two attached hydrogens (primary N) is 1. The molecule has 1 atom stereocenters. The second-order valence-electron chi connectivity index (χ2n) is 5.96. The molecule has 0 radical (unpaired) electrons. The Bertz CT molecular complexity index is 736. The Kier molecular flexibility index (Phi) is 4.19. The van der Waals surface area contributed by atoms with Crippen molar-refractivity contribution in [2.24, 2.45) is 11.7 Å². The molecule has 1 unspecified atom stereocenters. The lowest BCUT2D eigenvalue weighted by atomic mass is 10.1. The van der Waals surface area contributed by atoms with Gasteiger partial charge in [-0.15, -0.1) is 0 Å². The van der Waals surface area contributed by atoms with Gasteiger partial charge in [0.25, 0.3) is 5.91 Å². The SMILES string of the molecule is Cc1nn(C(=O)C2Cc3ccc(Br)cc3C2)c(C)c1CCN. The number of nitrogens with zero attached hydrogens (tertiary/aromatic N) is 2. The summed E-state index contributed by atoms with van der Waals surface area (Å²) in [6, 6.07) is 6.26. The van der Waals surface area contributed by atoms with Gasteiger partial charge in [-0.2, -0.15) is 5.10 Å². The van der Waals surface area contributed by atoms with Crippen molar-refractivity contribution in [1.82, 2.24) is 9.78 Å². The van der Waals surface area contributed by atoms with Crippen molar-refractivity contribution in [1.29, 1.82) is 0 Å². The van der Waals surface area contributed by atoms with Crippen molar-refractivity contribution in [3.8, 4) is 0 Å². The van der Waals surface area contributed by atoms with E-state index in [1.165, 1.54) is 11.1 Å². The minimum atomic E-state index is -0.0203. The largest absolute Gasteiger partial charge is 0.330 e. The summed E-state index contributed by atoms with van der Waals surface area (Å²) in [6.07, 6.45) is 2.35. The fourth-order valence-electron chi connectivity index (χ4n) is 3.33. The van der Waals surface area contributed by atoms with Crippen LogP contribution < -0.4 is 5.73 Å². The van der Waals surface area contributed by atoms with Crippen LogP contribution in [0.1, 0.15) is 32.9 Å². The molecule has 1 aliphatic rings. The molecule has 3 rings (SSSR count). The monoisotopic (exact) mass is 361 g/mol. The van der Waals surface area contributed by atoms with E-state index in [0.717, 1.165) is 40.7 Å². The molecule has 0 aliphatic heterocycles. The highest BCUT2D eigenvalue weighted by molar-refractivity contribution is 9.10. The number of fused-ring (bicyclic) bond motifs is 1. The average Bonchev–Trinajstić information content (AvgIpc) is 3.02. The van der Waals surface area contributed by atoms with Crippen LogP contribution in [0.15, 0.2) is 22.7 Å². The van der Waals surface area contributed by atoms with Crippen LogP contribution in [-0.2, 0) is 19.3 Å². The molecular weight excluding hydrogens is 342 g/mol. The van der Waals surface area contributed by atoms with Gasteiger partial charge in [0.15, 0.2) is 0 Å². The van der Waals surface area contributed by atoms with Gasteiger partial charge in [0.1, 0.15) is 0 Å². The molecule has 0 saturated carbocycles. The zero-order chi connectivity index (χ0) is 15.9. The van der Waals surface area contributed by atoms with Crippen LogP contribution in [0.2, 0.25) is 0 Å². The maximum Gasteiger partial charge on any atom is 0.250 e. The summed E-state index contributed by atoms with van der Waals surface area (Å²) < 4.78 is 2.65. The van der Waals surface area contributed by atoms with Crippen LogP contribution in [0.5, 0.6) is 0 Å². The summed E-state index contributed by atoms with van der Waals surface area (Å²) in [5, 5.41) is 4.46. The molecule has 0 fully saturated rings. The lowest BCUT2D eigenvalue weighted by Crippen LogP contribution is -2.24. The summed E-state index contributed by atoms with van der Waals surface area (Å²) in [5.41, 5.74) is 11.1. The van der Waals surface area contributed by atoms with Gasteiger partial charge >= 0.3 is 0 Å². The Morgan fingerprint density at radius 3 is 2.82 bits per heavy atom. The fraction of sp³-hybridized carbons (Fsp3) is 0.412. The van der Waals surface area contributed by atoms with Gasteiger partial charge in [-0.25, -0.2) is 4.68 Å². The van der Waals surface area contributed by atoms with E-state index in [2.05, 4.69) is 33.2 Å². The first kappa shape index (κ1) is 15.4. The van der Waals surface area contributed by atoms with Crippen LogP contribution in [0.25, 0.3) is 0 Å². The minimum Gasteiger partial charge on any atom is -0.330 e. The lowest BCUT2D eigenvalue weighted by Gasteiger charge is -2.09. The highest BCUT2D eigenvalue weighted by Crippen LogP contribution is 2.30. The summed E-state index contributed by atoms with van der Waals surface area (Å²) >= 11 is 3.49. The Balaban J connectivity index is 1.86. The zero-order valence-electron chi connectivity index (χ0n) is 12.9. The Morgan fingerprint density at radius 1 is 1.36 bits per heavy atom. The molecule has 1 heterocycles. The van der Waals surface area contributed by atoms with Gasteiger partial charge in [0.2, 0.25) is 0 Å². The van der Waals surface area contributed by atoms with Crippen molar-refractivity contribution in [2.75, 3.05) is 6.54 Å². The van der Waals surface area contributed by atoms with Gasteiger partial charge in [-0.1, -0.05) is 22.0 Å². The second-order valence-corrected chi connectivity index (χ2v) is 6.87. The maximum absolute atomic E-state index is 12.8. The number of hydrogen-bond acceptors (Lipinski definition) is 3.